The second-order valence-corrected chi connectivity index (χ2v) is 4.23. The van der Waals surface area contributed by atoms with Gasteiger partial charge in [-0.05, 0) is 19.3 Å². The van der Waals surface area contributed by atoms with Gasteiger partial charge in [0.15, 0.2) is 12.4 Å². The quantitative estimate of drug-likeness (QED) is 0.682. The number of aliphatic hydroxyl groups is 1. The molecule has 0 aromatic heterocycles. The van der Waals surface area contributed by atoms with Gasteiger partial charge in [0.25, 0.3) is 0 Å². The number of hydrogen-bond acceptors (Lipinski definition) is 7. The fourth-order valence-corrected chi connectivity index (χ4v) is 1.83. The third kappa shape index (κ3) is 5.14. The molecule has 0 amide bonds. The minimum Gasteiger partial charge on any atom is -0.469 e. The van der Waals surface area contributed by atoms with Gasteiger partial charge >= 0.3 is 11.9 Å². The summed E-state index contributed by atoms with van der Waals surface area (Å²) < 4.78 is 20.0. The highest BCUT2D eigenvalue weighted by Crippen LogP contribution is 2.21. The molecule has 0 radical (unpaired) electrons. The molecular weight excluding hydrogens is 256 g/mol. The third-order valence-corrected chi connectivity index (χ3v) is 2.87. The molecular formula is C12H20O7. The summed E-state index contributed by atoms with van der Waals surface area (Å²) in [5.41, 5.74) is 0. The van der Waals surface area contributed by atoms with E-state index in [4.69, 9.17) is 14.6 Å². The molecule has 7 nitrogen and oxygen atoms in total. The number of carbonyl (C=O) groups is 2. The van der Waals surface area contributed by atoms with Gasteiger partial charge in [-0.15, -0.1) is 0 Å². The van der Waals surface area contributed by atoms with E-state index in [9.17, 15) is 9.59 Å². The second kappa shape index (κ2) is 8.08. The Labute approximate surface area is 111 Å². The summed E-state index contributed by atoms with van der Waals surface area (Å²) >= 11 is 0. The highest BCUT2D eigenvalue weighted by molar-refractivity contribution is 5.81. The van der Waals surface area contributed by atoms with E-state index in [-0.39, 0.29) is 19.1 Å². The van der Waals surface area contributed by atoms with E-state index >= 15 is 0 Å². The molecule has 1 rings (SSSR count). The predicted octanol–water partition coefficient (Wildman–Crippen LogP) is -0.00480. The van der Waals surface area contributed by atoms with Crippen molar-refractivity contribution in [1.29, 1.82) is 0 Å². The third-order valence-electron chi connectivity index (χ3n) is 2.87. The van der Waals surface area contributed by atoms with Crippen LogP contribution >= 0.6 is 0 Å². The van der Waals surface area contributed by atoms with Crippen LogP contribution in [0.15, 0.2) is 0 Å². The van der Waals surface area contributed by atoms with Gasteiger partial charge in [0, 0.05) is 0 Å². The lowest BCUT2D eigenvalue weighted by atomic mass is 10.1. The molecule has 1 saturated heterocycles. The Bertz CT molecular complexity index is 304. The average Bonchev–Trinajstić information content (AvgIpc) is 2.45. The van der Waals surface area contributed by atoms with Crippen molar-refractivity contribution in [3.05, 3.63) is 0 Å². The summed E-state index contributed by atoms with van der Waals surface area (Å²) in [5.74, 6) is -1.22. The molecule has 3 atom stereocenters. The number of rotatable bonds is 6. The molecule has 1 fully saturated rings. The molecule has 0 aliphatic carbocycles. The van der Waals surface area contributed by atoms with Crippen LogP contribution in [-0.4, -0.2) is 56.4 Å². The maximum Gasteiger partial charge on any atom is 0.335 e. The first-order chi connectivity index (χ1) is 9.10. The molecule has 1 heterocycles. The maximum absolute atomic E-state index is 11.5. The largest absolute Gasteiger partial charge is 0.469 e. The van der Waals surface area contributed by atoms with E-state index in [1.807, 2.05) is 0 Å². The monoisotopic (exact) mass is 276 g/mol. The first-order valence-electron chi connectivity index (χ1n) is 6.17. The van der Waals surface area contributed by atoms with Crippen LogP contribution in [0.1, 0.15) is 25.7 Å². The van der Waals surface area contributed by atoms with E-state index in [0.717, 1.165) is 12.8 Å². The molecule has 7 heteroatoms. The fourth-order valence-electron chi connectivity index (χ4n) is 1.83. The van der Waals surface area contributed by atoms with Crippen molar-refractivity contribution in [1.82, 2.24) is 0 Å². The van der Waals surface area contributed by atoms with Gasteiger partial charge in [0.05, 0.1) is 33.4 Å². The molecule has 1 aliphatic heterocycles. The van der Waals surface area contributed by atoms with Crippen molar-refractivity contribution in [3.8, 4) is 0 Å². The van der Waals surface area contributed by atoms with Crippen LogP contribution in [0.5, 0.6) is 0 Å². The van der Waals surface area contributed by atoms with Gasteiger partial charge in [0.2, 0.25) is 0 Å². The molecule has 0 saturated carbocycles. The molecule has 2 unspecified atom stereocenters. The van der Waals surface area contributed by atoms with Crippen LogP contribution < -0.4 is 0 Å². The number of aliphatic hydroxyl groups excluding tert-OH is 1. The SMILES string of the molecule is COC(=O)CC(O[C@H]1CCCC(CO)O1)C(=O)OC. The Morgan fingerprint density at radius 1 is 1.32 bits per heavy atom. The second-order valence-electron chi connectivity index (χ2n) is 4.23. The number of ether oxygens (including phenoxy) is 4. The Kier molecular flexibility index (Phi) is 6.75. The first kappa shape index (κ1) is 15.9. The van der Waals surface area contributed by atoms with Crippen LogP contribution in [0, 0.1) is 0 Å². The summed E-state index contributed by atoms with van der Waals surface area (Å²) in [4.78, 5) is 22.7. The molecule has 0 spiro atoms. The zero-order chi connectivity index (χ0) is 14.3. The molecule has 110 valence electrons. The van der Waals surface area contributed by atoms with Crippen LogP contribution in [0.25, 0.3) is 0 Å². The Hall–Kier alpha value is -1.18. The zero-order valence-corrected chi connectivity index (χ0v) is 11.2. The zero-order valence-electron chi connectivity index (χ0n) is 11.2. The van der Waals surface area contributed by atoms with Gasteiger partial charge in [-0.25, -0.2) is 4.79 Å². The smallest absolute Gasteiger partial charge is 0.335 e. The van der Waals surface area contributed by atoms with Gasteiger partial charge < -0.3 is 24.1 Å². The minimum absolute atomic E-state index is 0.0975. The van der Waals surface area contributed by atoms with E-state index < -0.39 is 24.3 Å². The van der Waals surface area contributed by atoms with Crippen molar-refractivity contribution >= 4 is 11.9 Å². The fraction of sp³-hybridized carbons (Fsp3) is 0.833. The Balaban J connectivity index is 2.55. The van der Waals surface area contributed by atoms with Gasteiger partial charge in [0.1, 0.15) is 0 Å². The van der Waals surface area contributed by atoms with E-state index in [1.54, 1.807) is 0 Å². The van der Waals surface area contributed by atoms with E-state index in [0.29, 0.717) is 6.42 Å². The van der Waals surface area contributed by atoms with E-state index in [1.165, 1.54) is 14.2 Å². The highest BCUT2D eigenvalue weighted by atomic mass is 16.7. The first-order valence-corrected chi connectivity index (χ1v) is 6.17. The molecule has 1 aliphatic rings. The lowest BCUT2D eigenvalue weighted by Gasteiger charge is -2.30. The molecule has 0 bridgehead atoms. The lowest BCUT2D eigenvalue weighted by molar-refractivity contribution is -0.227. The normalized spacial score (nSPS) is 24.6. The number of methoxy groups -OCH3 is 2. The number of esters is 2. The van der Waals surface area contributed by atoms with Gasteiger partial charge in [-0.3, -0.25) is 4.79 Å². The van der Waals surface area contributed by atoms with Crippen molar-refractivity contribution in [3.63, 3.8) is 0 Å². The standard InChI is InChI=1S/C12H20O7/c1-16-10(14)6-9(12(15)17-2)19-11-5-3-4-8(7-13)18-11/h8-9,11,13H,3-7H2,1-2H3/t8?,9?,11-/m0/s1. The van der Waals surface area contributed by atoms with E-state index in [2.05, 4.69) is 9.47 Å². The topological polar surface area (TPSA) is 91.3 Å². The maximum atomic E-state index is 11.5. The molecule has 0 aromatic carbocycles. The number of hydrogen-bond donors (Lipinski definition) is 1. The lowest BCUT2D eigenvalue weighted by Crippen LogP contribution is -2.38. The molecule has 19 heavy (non-hydrogen) atoms. The molecule has 1 N–H and O–H groups in total. The number of carbonyl (C=O) groups excluding carboxylic acids is 2. The van der Waals surface area contributed by atoms with Crippen molar-refractivity contribution in [2.45, 2.75) is 44.2 Å². The highest BCUT2D eigenvalue weighted by Gasteiger charge is 2.30. The summed E-state index contributed by atoms with van der Waals surface area (Å²) in [6.07, 6.45) is -0.0364. The summed E-state index contributed by atoms with van der Waals surface area (Å²) in [6.45, 7) is -0.0975. The molecule has 0 aromatic rings. The van der Waals surface area contributed by atoms with Gasteiger partial charge in [-0.1, -0.05) is 0 Å². The van der Waals surface area contributed by atoms with Crippen molar-refractivity contribution in [2.75, 3.05) is 20.8 Å². The van der Waals surface area contributed by atoms with Crippen molar-refractivity contribution < 1.29 is 33.6 Å². The summed E-state index contributed by atoms with van der Waals surface area (Å²) in [5, 5.41) is 9.04. The summed E-state index contributed by atoms with van der Waals surface area (Å²) in [6, 6.07) is 0. The van der Waals surface area contributed by atoms with Crippen LogP contribution in [-0.2, 0) is 28.5 Å². The van der Waals surface area contributed by atoms with Crippen LogP contribution in [0.4, 0.5) is 0 Å². The minimum atomic E-state index is -1.06. The summed E-state index contributed by atoms with van der Waals surface area (Å²) in [7, 11) is 2.45. The van der Waals surface area contributed by atoms with Crippen molar-refractivity contribution in [2.24, 2.45) is 0 Å². The predicted molar refractivity (Wildman–Crippen MR) is 63.1 cm³/mol. The Morgan fingerprint density at radius 3 is 2.63 bits per heavy atom. The average molecular weight is 276 g/mol. The Morgan fingerprint density at radius 2 is 2.05 bits per heavy atom. The van der Waals surface area contributed by atoms with Crippen LogP contribution in [0.2, 0.25) is 0 Å². The van der Waals surface area contributed by atoms with Crippen LogP contribution in [0.3, 0.4) is 0 Å². The van der Waals surface area contributed by atoms with Gasteiger partial charge in [-0.2, -0.15) is 0 Å².